The number of rotatable bonds is 5. The van der Waals surface area contributed by atoms with Crippen molar-refractivity contribution in [2.24, 2.45) is 7.05 Å². The van der Waals surface area contributed by atoms with E-state index in [4.69, 9.17) is 4.52 Å². The lowest BCUT2D eigenvalue weighted by Gasteiger charge is -2.02. The van der Waals surface area contributed by atoms with Crippen LogP contribution in [0.3, 0.4) is 0 Å². The lowest BCUT2D eigenvalue weighted by Crippen LogP contribution is -2.28. The van der Waals surface area contributed by atoms with E-state index >= 15 is 0 Å². The number of nitrogens with one attached hydrogen (secondary N) is 1. The molecule has 5 nitrogen and oxygen atoms in total. The second-order valence-corrected chi connectivity index (χ2v) is 3.80. The molecular formula is C11H18N2O3. The summed E-state index contributed by atoms with van der Waals surface area (Å²) in [5.41, 5.74) is 0.0879. The first-order valence-corrected chi connectivity index (χ1v) is 5.53. The molecule has 1 N–H and O–H groups in total. The first-order valence-electron chi connectivity index (χ1n) is 5.53. The molecule has 90 valence electrons. The van der Waals surface area contributed by atoms with Gasteiger partial charge in [-0.2, -0.15) is 0 Å². The number of hydrogen-bond acceptors (Lipinski definition) is 3. The summed E-state index contributed by atoms with van der Waals surface area (Å²) >= 11 is 0. The highest BCUT2D eigenvalue weighted by atomic mass is 16.5. The van der Waals surface area contributed by atoms with Crippen molar-refractivity contribution in [3.63, 3.8) is 0 Å². The number of aryl methyl sites for hydroxylation is 1. The van der Waals surface area contributed by atoms with Crippen LogP contribution in [0.2, 0.25) is 0 Å². The molecule has 0 unspecified atom stereocenters. The fourth-order valence-corrected chi connectivity index (χ4v) is 1.47. The van der Waals surface area contributed by atoms with Gasteiger partial charge in [-0.3, -0.25) is 4.79 Å². The maximum atomic E-state index is 11.7. The smallest absolute Gasteiger partial charge is 0.352 e. The molecule has 0 saturated heterocycles. The fraction of sp³-hybridized carbons (Fsp3) is 0.636. The van der Waals surface area contributed by atoms with Crippen molar-refractivity contribution in [2.75, 3.05) is 6.54 Å². The molecule has 1 aromatic heterocycles. The number of nitrogens with zero attached hydrogens (tertiary/aromatic N) is 1. The maximum absolute atomic E-state index is 11.7. The van der Waals surface area contributed by atoms with Crippen LogP contribution in [-0.4, -0.2) is 17.2 Å². The minimum atomic E-state index is -0.576. The molecule has 0 aromatic carbocycles. The molecular weight excluding hydrogens is 208 g/mol. The van der Waals surface area contributed by atoms with E-state index in [1.807, 2.05) is 0 Å². The van der Waals surface area contributed by atoms with Gasteiger partial charge in [-0.15, -0.1) is 0 Å². The first kappa shape index (κ1) is 12.5. The van der Waals surface area contributed by atoms with E-state index < -0.39 is 5.63 Å². The summed E-state index contributed by atoms with van der Waals surface area (Å²) in [6.07, 6.45) is 3.10. The molecule has 0 atom stereocenters. The third kappa shape index (κ3) is 2.74. The van der Waals surface area contributed by atoms with Crippen LogP contribution in [-0.2, 0) is 7.05 Å². The molecule has 0 aliphatic heterocycles. The van der Waals surface area contributed by atoms with Gasteiger partial charge in [0.05, 0.1) is 5.69 Å². The minimum absolute atomic E-state index is 0.110. The zero-order chi connectivity index (χ0) is 12.1. The predicted molar refractivity (Wildman–Crippen MR) is 60.5 cm³/mol. The van der Waals surface area contributed by atoms with Crippen molar-refractivity contribution in [1.82, 2.24) is 10.1 Å². The zero-order valence-corrected chi connectivity index (χ0v) is 10.0. The molecule has 1 heterocycles. The Morgan fingerprint density at radius 3 is 2.62 bits per heavy atom. The van der Waals surface area contributed by atoms with Gasteiger partial charge in [-0.05, 0) is 13.3 Å². The summed E-state index contributed by atoms with van der Waals surface area (Å²) in [5, 5.41) is 2.72. The van der Waals surface area contributed by atoms with Gasteiger partial charge in [-0.25, -0.2) is 9.53 Å². The van der Waals surface area contributed by atoms with Crippen LogP contribution in [0, 0.1) is 6.92 Å². The second kappa shape index (κ2) is 5.53. The molecule has 0 aliphatic rings. The Hall–Kier alpha value is -1.52. The van der Waals surface area contributed by atoms with E-state index in [-0.39, 0.29) is 11.5 Å². The molecule has 0 fully saturated rings. The average molecular weight is 226 g/mol. The van der Waals surface area contributed by atoms with Crippen molar-refractivity contribution >= 4 is 5.91 Å². The number of hydrogen-bond donors (Lipinski definition) is 1. The van der Waals surface area contributed by atoms with Crippen LogP contribution >= 0.6 is 0 Å². The van der Waals surface area contributed by atoms with E-state index in [0.29, 0.717) is 12.2 Å². The van der Waals surface area contributed by atoms with E-state index in [2.05, 4.69) is 12.2 Å². The van der Waals surface area contributed by atoms with Gasteiger partial charge in [0.2, 0.25) is 0 Å². The summed E-state index contributed by atoms with van der Waals surface area (Å²) in [4.78, 5) is 23.0. The van der Waals surface area contributed by atoms with Crippen molar-refractivity contribution in [1.29, 1.82) is 0 Å². The van der Waals surface area contributed by atoms with Crippen LogP contribution in [0.5, 0.6) is 0 Å². The molecule has 1 aromatic rings. The minimum Gasteiger partial charge on any atom is -0.352 e. The molecule has 16 heavy (non-hydrogen) atoms. The number of unbranched alkanes of at least 4 members (excludes halogenated alkanes) is 2. The summed E-state index contributed by atoms with van der Waals surface area (Å²) in [6, 6.07) is 0. The quantitative estimate of drug-likeness (QED) is 0.767. The standard InChI is InChI=1S/C11H18N2O3/c1-4-5-6-7-12-10(14)9-8(2)13(3)16-11(9)15/h4-7H2,1-3H3,(H,12,14). The molecule has 0 spiro atoms. The third-order valence-corrected chi connectivity index (χ3v) is 2.55. The summed E-state index contributed by atoms with van der Waals surface area (Å²) < 4.78 is 6.10. The summed E-state index contributed by atoms with van der Waals surface area (Å²) in [5.74, 6) is -0.344. The van der Waals surface area contributed by atoms with Crippen LogP contribution < -0.4 is 10.9 Å². The second-order valence-electron chi connectivity index (χ2n) is 3.80. The van der Waals surface area contributed by atoms with Gasteiger partial charge < -0.3 is 9.84 Å². The highest BCUT2D eigenvalue weighted by molar-refractivity contribution is 5.94. The monoisotopic (exact) mass is 226 g/mol. The summed E-state index contributed by atoms with van der Waals surface area (Å²) in [7, 11) is 1.60. The number of carbonyl (C=O) groups is 1. The Balaban J connectivity index is 2.63. The lowest BCUT2D eigenvalue weighted by atomic mass is 10.2. The Morgan fingerprint density at radius 2 is 2.12 bits per heavy atom. The SMILES string of the molecule is CCCCCNC(=O)c1c(C)n(C)oc1=O. The van der Waals surface area contributed by atoms with Crippen LogP contribution in [0.25, 0.3) is 0 Å². The first-order chi connectivity index (χ1) is 7.57. The van der Waals surface area contributed by atoms with Gasteiger partial charge in [0.15, 0.2) is 0 Å². The highest BCUT2D eigenvalue weighted by Crippen LogP contribution is 2.02. The van der Waals surface area contributed by atoms with Gasteiger partial charge in [0.25, 0.3) is 5.91 Å². The Kier molecular flexibility index (Phi) is 4.34. The molecule has 1 rings (SSSR count). The van der Waals surface area contributed by atoms with Crippen molar-refractivity contribution in [3.05, 3.63) is 21.7 Å². The van der Waals surface area contributed by atoms with Crippen LogP contribution in [0.1, 0.15) is 42.2 Å². The van der Waals surface area contributed by atoms with E-state index in [0.717, 1.165) is 19.3 Å². The molecule has 0 radical (unpaired) electrons. The third-order valence-electron chi connectivity index (χ3n) is 2.55. The number of aromatic nitrogens is 1. The van der Waals surface area contributed by atoms with Crippen LogP contribution in [0.4, 0.5) is 0 Å². The van der Waals surface area contributed by atoms with Crippen LogP contribution in [0.15, 0.2) is 9.32 Å². The van der Waals surface area contributed by atoms with Crippen molar-refractivity contribution in [2.45, 2.75) is 33.1 Å². The molecule has 0 aliphatic carbocycles. The topological polar surface area (TPSA) is 64.2 Å². The van der Waals surface area contributed by atoms with Gasteiger partial charge in [-0.1, -0.05) is 19.8 Å². The lowest BCUT2D eigenvalue weighted by molar-refractivity contribution is 0.0950. The Morgan fingerprint density at radius 1 is 1.44 bits per heavy atom. The van der Waals surface area contributed by atoms with E-state index in [1.165, 1.54) is 4.74 Å². The van der Waals surface area contributed by atoms with Crippen molar-refractivity contribution in [3.8, 4) is 0 Å². The normalized spacial score (nSPS) is 10.4. The van der Waals surface area contributed by atoms with E-state index in [9.17, 15) is 9.59 Å². The fourth-order valence-electron chi connectivity index (χ4n) is 1.47. The van der Waals surface area contributed by atoms with Gasteiger partial charge in [0, 0.05) is 13.6 Å². The maximum Gasteiger partial charge on any atom is 0.370 e. The van der Waals surface area contributed by atoms with Gasteiger partial charge >= 0.3 is 5.63 Å². The molecule has 1 amide bonds. The average Bonchev–Trinajstić information content (AvgIpc) is 2.48. The predicted octanol–water partition coefficient (Wildman–Crippen LogP) is 1.21. The molecule has 0 bridgehead atoms. The molecule has 5 heteroatoms. The zero-order valence-electron chi connectivity index (χ0n) is 10.0. The highest BCUT2D eigenvalue weighted by Gasteiger charge is 2.18. The van der Waals surface area contributed by atoms with Crippen molar-refractivity contribution < 1.29 is 9.32 Å². The largest absolute Gasteiger partial charge is 0.370 e. The Labute approximate surface area is 94.4 Å². The van der Waals surface area contributed by atoms with Gasteiger partial charge in [0.1, 0.15) is 5.56 Å². The number of carbonyl (C=O) groups excluding carboxylic acids is 1. The Bertz CT molecular complexity index is 417. The summed E-state index contributed by atoms with van der Waals surface area (Å²) in [6.45, 7) is 4.38. The number of amides is 1. The molecule has 0 saturated carbocycles. The van der Waals surface area contributed by atoms with E-state index in [1.54, 1.807) is 14.0 Å².